The number of pyridine rings is 4. The molecule has 2 atom stereocenters. The standard InChI is InChI=1S/C54H54N10O12/c65-47(43-29-33-11-1-5-15-37(33)51(69)61(43)73)55-21-25-59(26-22-56-48(66)44-30-34-12-2-6-16-38(34)52(70)62(44)74)41-19-9-10-20-42(41)60(27-23-57-49(67)45-31-35-13-3-7-17-39(35)53(71)63(45)75)28-24-58-50(68)46-32-36-14-4-8-18-40(36)54(72)64(46)76/h1-8,11-18,29-32,41-42,73-76H,9-10,19-28H2,(H,55,65)(H,56,66)(H,57,67)(H,58,68). The molecule has 0 spiro atoms. The average molecular weight is 1040 g/mol. The van der Waals surface area contributed by atoms with Crippen LogP contribution in [0.3, 0.4) is 0 Å². The maximum Gasteiger partial charge on any atom is 0.291 e. The molecule has 0 saturated heterocycles. The van der Waals surface area contributed by atoms with Crippen molar-refractivity contribution in [1.82, 2.24) is 50.0 Å². The summed E-state index contributed by atoms with van der Waals surface area (Å²) in [6.07, 6.45) is 2.74. The van der Waals surface area contributed by atoms with Crippen LogP contribution >= 0.6 is 0 Å². The monoisotopic (exact) mass is 1030 g/mol. The Bertz CT molecular complexity index is 3330. The lowest BCUT2D eigenvalue weighted by Gasteiger charge is -2.45. The number of carbonyl (C=O) groups excluding carboxylic acids is 4. The molecule has 1 aliphatic carbocycles. The number of rotatable bonds is 18. The Morgan fingerprint density at radius 1 is 0.395 bits per heavy atom. The molecule has 1 aliphatic rings. The Morgan fingerprint density at radius 2 is 0.618 bits per heavy atom. The van der Waals surface area contributed by atoms with Crippen molar-refractivity contribution in [2.45, 2.75) is 37.8 Å². The number of hydrogen-bond donors (Lipinski definition) is 8. The Morgan fingerprint density at radius 3 is 0.855 bits per heavy atom. The number of amides is 4. The summed E-state index contributed by atoms with van der Waals surface area (Å²) in [5, 5.41) is 56.9. The number of hydrogen-bond acceptors (Lipinski definition) is 14. The first-order valence-corrected chi connectivity index (χ1v) is 24.7. The third-order valence-corrected chi connectivity index (χ3v) is 13.9. The Kier molecular flexibility index (Phi) is 15.3. The fraction of sp³-hybridized carbons (Fsp3) is 0.259. The molecule has 22 heteroatoms. The number of nitrogens with zero attached hydrogens (tertiary/aromatic N) is 6. The van der Waals surface area contributed by atoms with Crippen LogP contribution in [-0.4, -0.2) is 138 Å². The quantitative estimate of drug-likeness (QED) is 0.0574. The van der Waals surface area contributed by atoms with Gasteiger partial charge in [0, 0.05) is 64.4 Å². The van der Waals surface area contributed by atoms with Crippen LogP contribution in [0.5, 0.6) is 0 Å². The number of aromatic nitrogens is 4. The molecule has 4 aromatic heterocycles. The number of nitrogens with one attached hydrogen (secondary N) is 4. The van der Waals surface area contributed by atoms with Crippen LogP contribution in [0.4, 0.5) is 0 Å². The SMILES string of the molecule is O=C(NCCN(CCNC(=O)c1cc2ccccc2c(=O)n1O)C1CCCCC1N(CCNC(=O)c1cc2ccccc2c(=O)n1O)CCNC(=O)c1cc2ccccc2c(=O)n1O)c1cc2ccccc2c(=O)n1O. The van der Waals surface area contributed by atoms with Gasteiger partial charge < -0.3 is 42.1 Å². The van der Waals surface area contributed by atoms with Crippen molar-refractivity contribution in [2.75, 3.05) is 52.4 Å². The topological polar surface area (TPSA) is 292 Å². The van der Waals surface area contributed by atoms with Crippen molar-refractivity contribution in [3.8, 4) is 0 Å². The second-order valence-corrected chi connectivity index (χ2v) is 18.4. The van der Waals surface area contributed by atoms with Crippen molar-refractivity contribution in [1.29, 1.82) is 0 Å². The predicted octanol–water partition coefficient (Wildman–Crippen LogP) is 2.83. The zero-order valence-electron chi connectivity index (χ0n) is 40.9. The van der Waals surface area contributed by atoms with Crippen LogP contribution in [-0.2, 0) is 0 Å². The lowest BCUT2D eigenvalue weighted by Crippen LogP contribution is -2.58. The van der Waals surface area contributed by atoms with E-state index in [2.05, 4.69) is 21.3 Å². The van der Waals surface area contributed by atoms with Crippen LogP contribution in [0.2, 0.25) is 0 Å². The molecule has 8 aromatic rings. The van der Waals surface area contributed by atoms with E-state index in [1.807, 2.05) is 9.80 Å². The summed E-state index contributed by atoms with van der Waals surface area (Å²) in [7, 11) is 0. The second-order valence-electron chi connectivity index (χ2n) is 18.4. The summed E-state index contributed by atoms with van der Waals surface area (Å²) in [6.45, 7) is 0.640. The van der Waals surface area contributed by atoms with Crippen LogP contribution in [0.25, 0.3) is 43.1 Å². The molecule has 9 rings (SSSR count). The Hall–Kier alpha value is -9.28. The van der Waals surface area contributed by atoms with Crippen molar-refractivity contribution < 1.29 is 40.0 Å². The molecule has 22 nitrogen and oxygen atoms in total. The summed E-state index contributed by atoms with van der Waals surface area (Å²) in [5.41, 5.74) is -4.25. The molecular formula is C54H54N10O12. The Labute approximate surface area is 431 Å². The summed E-state index contributed by atoms with van der Waals surface area (Å²) in [6, 6.07) is 31.0. The first-order chi connectivity index (χ1) is 36.7. The van der Waals surface area contributed by atoms with Gasteiger partial charge in [-0.05, 0) is 82.9 Å². The maximum absolute atomic E-state index is 13.7. The minimum Gasteiger partial charge on any atom is -0.425 e. The van der Waals surface area contributed by atoms with Gasteiger partial charge in [-0.1, -0.05) is 85.6 Å². The van der Waals surface area contributed by atoms with Crippen LogP contribution in [0, 0.1) is 0 Å². The smallest absolute Gasteiger partial charge is 0.291 e. The second kappa shape index (κ2) is 22.5. The van der Waals surface area contributed by atoms with E-state index in [0.717, 1.165) is 12.8 Å². The van der Waals surface area contributed by atoms with Gasteiger partial charge >= 0.3 is 0 Å². The molecule has 0 aliphatic heterocycles. The number of fused-ring (bicyclic) bond motifs is 4. The van der Waals surface area contributed by atoms with E-state index in [-0.39, 0.29) is 109 Å². The van der Waals surface area contributed by atoms with Gasteiger partial charge in [0.1, 0.15) is 22.8 Å². The zero-order chi connectivity index (χ0) is 53.6. The van der Waals surface area contributed by atoms with E-state index in [1.165, 1.54) is 48.5 Å². The molecular weight excluding hydrogens is 981 g/mol. The molecule has 1 saturated carbocycles. The van der Waals surface area contributed by atoms with Gasteiger partial charge in [-0.25, -0.2) is 0 Å². The van der Waals surface area contributed by atoms with Gasteiger partial charge in [-0.15, -0.1) is 18.9 Å². The highest BCUT2D eigenvalue weighted by atomic mass is 16.5. The normalized spacial score (nSPS) is 14.6. The minimum atomic E-state index is -0.774. The van der Waals surface area contributed by atoms with Gasteiger partial charge in [-0.2, -0.15) is 0 Å². The predicted molar refractivity (Wildman–Crippen MR) is 280 cm³/mol. The lowest BCUT2D eigenvalue weighted by molar-refractivity contribution is 0.0469. The van der Waals surface area contributed by atoms with E-state index >= 15 is 0 Å². The fourth-order valence-electron chi connectivity index (χ4n) is 10.1. The van der Waals surface area contributed by atoms with E-state index < -0.39 is 45.9 Å². The molecule has 76 heavy (non-hydrogen) atoms. The lowest BCUT2D eigenvalue weighted by atomic mass is 9.87. The first-order valence-electron chi connectivity index (χ1n) is 24.7. The maximum atomic E-state index is 13.7. The van der Waals surface area contributed by atoms with E-state index in [0.29, 0.717) is 53.3 Å². The molecule has 0 radical (unpaired) electrons. The van der Waals surface area contributed by atoms with Crippen LogP contribution in [0.15, 0.2) is 141 Å². The number of benzene rings is 4. The van der Waals surface area contributed by atoms with E-state index in [1.54, 1.807) is 72.8 Å². The third-order valence-electron chi connectivity index (χ3n) is 13.9. The number of carbonyl (C=O) groups is 4. The van der Waals surface area contributed by atoms with Gasteiger partial charge in [0.15, 0.2) is 0 Å². The molecule has 4 heterocycles. The molecule has 4 amide bonds. The van der Waals surface area contributed by atoms with Crippen LogP contribution in [0.1, 0.15) is 67.6 Å². The summed E-state index contributed by atoms with van der Waals surface area (Å²) >= 11 is 0. The molecule has 2 unspecified atom stereocenters. The summed E-state index contributed by atoms with van der Waals surface area (Å²) in [5.74, 6) is -2.93. The highest BCUT2D eigenvalue weighted by Gasteiger charge is 2.34. The van der Waals surface area contributed by atoms with Crippen molar-refractivity contribution in [2.24, 2.45) is 0 Å². The van der Waals surface area contributed by atoms with Crippen molar-refractivity contribution in [3.63, 3.8) is 0 Å². The van der Waals surface area contributed by atoms with Gasteiger partial charge in [-0.3, -0.25) is 48.2 Å². The minimum absolute atomic E-state index is 0.00672. The average Bonchev–Trinajstić information content (AvgIpc) is 3.46. The summed E-state index contributed by atoms with van der Waals surface area (Å²) < 4.78 is 1.18. The molecule has 4 aromatic carbocycles. The molecule has 1 fully saturated rings. The third kappa shape index (κ3) is 10.6. The highest BCUT2D eigenvalue weighted by molar-refractivity contribution is 5.99. The molecule has 8 N–H and O–H groups in total. The largest absolute Gasteiger partial charge is 0.425 e. The molecule has 0 bridgehead atoms. The zero-order valence-corrected chi connectivity index (χ0v) is 40.9. The highest BCUT2D eigenvalue weighted by Crippen LogP contribution is 2.28. The van der Waals surface area contributed by atoms with Gasteiger partial charge in [0.05, 0.1) is 21.5 Å². The Balaban J connectivity index is 0.978. The van der Waals surface area contributed by atoms with E-state index in [4.69, 9.17) is 0 Å². The van der Waals surface area contributed by atoms with Crippen LogP contribution < -0.4 is 43.5 Å². The molecule has 392 valence electrons. The first kappa shape index (κ1) is 51.6. The summed E-state index contributed by atoms with van der Waals surface area (Å²) in [4.78, 5) is 111. The van der Waals surface area contributed by atoms with Crippen molar-refractivity contribution in [3.05, 3.63) is 186 Å². The van der Waals surface area contributed by atoms with Gasteiger partial charge in [0.25, 0.3) is 45.9 Å². The van der Waals surface area contributed by atoms with E-state index in [9.17, 15) is 59.2 Å². The van der Waals surface area contributed by atoms with Gasteiger partial charge in [0.2, 0.25) is 0 Å². The fourth-order valence-corrected chi connectivity index (χ4v) is 10.1. The van der Waals surface area contributed by atoms with Crippen molar-refractivity contribution >= 4 is 66.7 Å².